The van der Waals surface area contributed by atoms with Gasteiger partial charge in [-0.3, -0.25) is 0 Å². The van der Waals surface area contributed by atoms with Crippen LogP contribution in [0.3, 0.4) is 0 Å². The second kappa shape index (κ2) is 5.76. The van der Waals surface area contributed by atoms with E-state index < -0.39 is 0 Å². The molecule has 1 atom stereocenters. The van der Waals surface area contributed by atoms with E-state index in [1.807, 2.05) is 6.07 Å². The van der Waals surface area contributed by atoms with Crippen molar-refractivity contribution in [1.82, 2.24) is 14.9 Å². The molecule has 1 N–H and O–H groups in total. The van der Waals surface area contributed by atoms with Gasteiger partial charge in [0.2, 0.25) is 0 Å². The minimum absolute atomic E-state index is 0.111. The average molecular weight is 289 g/mol. The third kappa shape index (κ3) is 2.46. The van der Waals surface area contributed by atoms with Crippen molar-refractivity contribution in [3.05, 3.63) is 29.8 Å². The lowest BCUT2D eigenvalue weighted by Gasteiger charge is -2.28. The highest BCUT2D eigenvalue weighted by Crippen LogP contribution is 2.36. The standard InChI is InChI=1S/C17H24FN3/c1-3-7-17(8-9-19-12-17)16-20-14-6-5-13(18)11-15(14)21(16)10-4-2/h5-6,11,19H,3-4,7-10,12H2,1-2H3. The lowest BCUT2D eigenvalue weighted by molar-refractivity contribution is 0.384. The number of imidazole rings is 1. The molecule has 3 nitrogen and oxygen atoms in total. The lowest BCUT2D eigenvalue weighted by Crippen LogP contribution is -2.32. The first-order valence-electron chi connectivity index (χ1n) is 8.07. The SMILES string of the molecule is CCCn1c(C2(CCC)CCNC2)nc2ccc(F)cc21. The number of aryl methyl sites for hydroxylation is 1. The fourth-order valence-corrected chi connectivity index (χ4v) is 3.69. The molecule has 3 rings (SSSR count). The highest BCUT2D eigenvalue weighted by molar-refractivity contribution is 5.76. The molecule has 0 radical (unpaired) electrons. The molecular formula is C17H24FN3. The minimum atomic E-state index is -0.180. The number of hydrogen-bond donors (Lipinski definition) is 1. The second-order valence-electron chi connectivity index (χ2n) is 6.18. The van der Waals surface area contributed by atoms with Gasteiger partial charge in [0.1, 0.15) is 11.6 Å². The van der Waals surface area contributed by atoms with Gasteiger partial charge in [0, 0.05) is 18.5 Å². The highest BCUT2D eigenvalue weighted by atomic mass is 19.1. The van der Waals surface area contributed by atoms with Gasteiger partial charge in [0.25, 0.3) is 0 Å². The molecule has 0 aliphatic carbocycles. The molecule has 1 aromatic carbocycles. The highest BCUT2D eigenvalue weighted by Gasteiger charge is 2.39. The summed E-state index contributed by atoms with van der Waals surface area (Å²) < 4.78 is 15.9. The molecule has 2 heterocycles. The maximum absolute atomic E-state index is 13.6. The van der Waals surface area contributed by atoms with Gasteiger partial charge in [-0.2, -0.15) is 0 Å². The molecule has 1 saturated heterocycles. The average Bonchev–Trinajstić information content (AvgIpc) is 3.06. The number of aromatic nitrogens is 2. The van der Waals surface area contributed by atoms with Gasteiger partial charge in [-0.25, -0.2) is 9.37 Å². The predicted molar refractivity (Wildman–Crippen MR) is 84.1 cm³/mol. The second-order valence-corrected chi connectivity index (χ2v) is 6.18. The smallest absolute Gasteiger partial charge is 0.125 e. The normalized spacial score (nSPS) is 22.2. The summed E-state index contributed by atoms with van der Waals surface area (Å²) in [4.78, 5) is 4.90. The Kier molecular flexibility index (Phi) is 3.98. The quantitative estimate of drug-likeness (QED) is 0.911. The van der Waals surface area contributed by atoms with Crippen LogP contribution in [-0.4, -0.2) is 22.6 Å². The van der Waals surface area contributed by atoms with Crippen molar-refractivity contribution < 1.29 is 4.39 Å². The van der Waals surface area contributed by atoms with Crippen molar-refractivity contribution in [1.29, 1.82) is 0 Å². The van der Waals surface area contributed by atoms with Crippen LogP contribution in [0.4, 0.5) is 4.39 Å². The van der Waals surface area contributed by atoms with E-state index >= 15 is 0 Å². The van der Waals surface area contributed by atoms with Crippen LogP contribution in [0.25, 0.3) is 11.0 Å². The molecule has 1 aromatic heterocycles. The van der Waals surface area contributed by atoms with Crippen LogP contribution in [0.15, 0.2) is 18.2 Å². The Hall–Kier alpha value is -1.42. The molecule has 1 aliphatic heterocycles. The van der Waals surface area contributed by atoms with Crippen LogP contribution >= 0.6 is 0 Å². The van der Waals surface area contributed by atoms with E-state index in [-0.39, 0.29) is 11.2 Å². The number of nitrogens with one attached hydrogen (secondary N) is 1. The Morgan fingerprint density at radius 2 is 2.19 bits per heavy atom. The van der Waals surface area contributed by atoms with Crippen LogP contribution in [-0.2, 0) is 12.0 Å². The monoisotopic (exact) mass is 289 g/mol. The topological polar surface area (TPSA) is 29.9 Å². The van der Waals surface area contributed by atoms with Crippen molar-refractivity contribution in [2.45, 2.75) is 51.5 Å². The van der Waals surface area contributed by atoms with Gasteiger partial charge in [-0.15, -0.1) is 0 Å². The molecule has 0 saturated carbocycles. The molecule has 21 heavy (non-hydrogen) atoms. The first-order valence-corrected chi connectivity index (χ1v) is 8.07. The molecule has 2 aromatic rings. The summed E-state index contributed by atoms with van der Waals surface area (Å²) in [6.45, 7) is 7.32. The number of hydrogen-bond acceptors (Lipinski definition) is 2. The van der Waals surface area contributed by atoms with Gasteiger partial charge in [0.05, 0.1) is 11.0 Å². The third-order valence-corrected chi connectivity index (χ3v) is 4.60. The number of benzene rings is 1. The van der Waals surface area contributed by atoms with Crippen molar-refractivity contribution in [2.75, 3.05) is 13.1 Å². The molecule has 1 fully saturated rings. The van der Waals surface area contributed by atoms with Crippen LogP contribution < -0.4 is 5.32 Å². The summed E-state index contributed by atoms with van der Waals surface area (Å²) in [6, 6.07) is 4.95. The Morgan fingerprint density at radius 3 is 2.86 bits per heavy atom. The van der Waals surface area contributed by atoms with Gasteiger partial charge in [-0.1, -0.05) is 20.3 Å². The minimum Gasteiger partial charge on any atom is -0.327 e. The summed E-state index contributed by atoms with van der Waals surface area (Å²) in [5.41, 5.74) is 1.97. The Balaban J connectivity index is 2.18. The maximum Gasteiger partial charge on any atom is 0.125 e. The Labute approximate surface area is 125 Å². The van der Waals surface area contributed by atoms with E-state index in [9.17, 15) is 4.39 Å². The van der Waals surface area contributed by atoms with E-state index in [0.717, 1.165) is 62.2 Å². The van der Waals surface area contributed by atoms with Gasteiger partial charge >= 0.3 is 0 Å². The molecule has 0 amide bonds. The maximum atomic E-state index is 13.6. The van der Waals surface area contributed by atoms with E-state index in [2.05, 4.69) is 23.7 Å². The van der Waals surface area contributed by atoms with Crippen LogP contribution in [0.5, 0.6) is 0 Å². The fourth-order valence-electron chi connectivity index (χ4n) is 3.69. The van der Waals surface area contributed by atoms with Crippen molar-refractivity contribution in [3.8, 4) is 0 Å². The largest absolute Gasteiger partial charge is 0.327 e. The van der Waals surface area contributed by atoms with Crippen molar-refractivity contribution in [3.63, 3.8) is 0 Å². The zero-order valence-electron chi connectivity index (χ0n) is 13.0. The molecule has 1 aliphatic rings. The fraction of sp³-hybridized carbons (Fsp3) is 0.588. The van der Waals surface area contributed by atoms with Gasteiger partial charge in [-0.05, 0) is 44.0 Å². The predicted octanol–water partition coefficient (Wildman–Crippen LogP) is 3.62. The van der Waals surface area contributed by atoms with Crippen molar-refractivity contribution in [2.24, 2.45) is 0 Å². The van der Waals surface area contributed by atoms with Gasteiger partial charge < -0.3 is 9.88 Å². The van der Waals surface area contributed by atoms with Crippen LogP contribution in [0.2, 0.25) is 0 Å². The molecule has 114 valence electrons. The number of fused-ring (bicyclic) bond motifs is 1. The molecule has 0 bridgehead atoms. The molecule has 4 heteroatoms. The summed E-state index contributed by atoms with van der Waals surface area (Å²) in [5.74, 6) is 0.970. The molecule has 1 unspecified atom stereocenters. The zero-order chi connectivity index (χ0) is 14.9. The Bertz CT molecular complexity index is 626. The lowest BCUT2D eigenvalue weighted by atomic mass is 9.81. The Morgan fingerprint density at radius 1 is 1.33 bits per heavy atom. The van der Waals surface area contributed by atoms with Crippen LogP contribution in [0, 0.1) is 5.82 Å². The van der Waals surface area contributed by atoms with E-state index in [1.165, 1.54) is 6.07 Å². The number of nitrogens with zero attached hydrogens (tertiary/aromatic N) is 2. The molecular weight excluding hydrogens is 265 g/mol. The van der Waals surface area contributed by atoms with Gasteiger partial charge in [0.15, 0.2) is 0 Å². The first kappa shape index (κ1) is 14.5. The first-order chi connectivity index (χ1) is 10.2. The van der Waals surface area contributed by atoms with Crippen molar-refractivity contribution >= 4 is 11.0 Å². The number of rotatable bonds is 5. The van der Waals surface area contributed by atoms with E-state index in [1.54, 1.807) is 6.07 Å². The van der Waals surface area contributed by atoms with E-state index in [0.29, 0.717) is 0 Å². The summed E-state index contributed by atoms with van der Waals surface area (Å²) in [6.07, 6.45) is 4.43. The van der Waals surface area contributed by atoms with Crippen LogP contribution in [0.1, 0.15) is 45.4 Å². The summed E-state index contributed by atoms with van der Waals surface area (Å²) >= 11 is 0. The van der Waals surface area contributed by atoms with E-state index in [4.69, 9.17) is 4.98 Å². The summed E-state index contributed by atoms with van der Waals surface area (Å²) in [7, 11) is 0. The third-order valence-electron chi connectivity index (χ3n) is 4.60. The number of halogens is 1. The zero-order valence-corrected chi connectivity index (χ0v) is 13.0. The molecule has 0 spiro atoms. The summed E-state index contributed by atoms with van der Waals surface area (Å²) in [5, 5.41) is 3.49.